The Morgan fingerprint density at radius 3 is 2.12 bits per heavy atom. The van der Waals surface area contributed by atoms with Gasteiger partial charge in [0.25, 0.3) is 0 Å². The van der Waals surface area contributed by atoms with Gasteiger partial charge in [-0.1, -0.05) is 12.1 Å². The van der Waals surface area contributed by atoms with Gasteiger partial charge in [-0.3, -0.25) is 9.78 Å². The molecule has 1 amide bonds. The molecule has 0 aliphatic carbocycles. The summed E-state index contributed by atoms with van der Waals surface area (Å²) in [6.45, 7) is 0. The summed E-state index contributed by atoms with van der Waals surface area (Å²) in [7, 11) is -3.32. The van der Waals surface area contributed by atoms with Crippen molar-refractivity contribution in [3.05, 3.63) is 72.2 Å². The van der Waals surface area contributed by atoms with Gasteiger partial charge in [0.1, 0.15) is 5.82 Å². The van der Waals surface area contributed by atoms with Gasteiger partial charge in [-0.2, -0.15) is 0 Å². The molecule has 1 aromatic heterocycles. The fourth-order valence-corrected chi connectivity index (χ4v) is 3.17. The number of benzene rings is 2. The quantitative estimate of drug-likeness (QED) is 0.764. The normalized spacial score (nSPS) is 11.3. The molecule has 1 heterocycles. The van der Waals surface area contributed by atoms with Crippen LogP contribution in [0.4, 0.5) is 4.39 Å². The molecule has 0 radical (unpaired) electrons. The SMILES string of the molecule is CS(=O)(=O)c1ccc(-c2cc(C(N)=O)cnc2-c2ccc(F)cc2)cc1. The molecule has 0 fully saturated rings. The van der Waals surface area contributed by atoms with Gasteiger partial charge in [-0.05, 0) is 48.0 Å². The minimum atomic E-state index is -3.32. The number of rotatable bonds is 4. The van der Waals surface area contributed by atoms with Crippen molar-refractivity contribution < 1.29 is 17.6 Å². The third-order valence-electron chi connectivity index (χ3n) is 3.88. The van der Waals surface area contributed by atoms with Crippen LogP contribution in [0.3, 0.4) is 0 Å². The number of nitrogens with zero attached hydrogens (tertiary/aromatic N) is 1. The van der Waals surface area contributed by atoms with Gasteiger partial charge in [0.15, 0.2) is 9.84 Å². The number of hydrogen-bond acceptors (Lipinski definition) is 4. The van der Waals surface area contributed by atoms with Gasteiger partial charge < -0.3 is 5.73 Å². The van der Waals surface area contributed by atoms with Crippen molar-refractivity contribution in [2.45, 2.75) is 4.90 Å². The number of carbonyl (C=O) groups is 1. The number of nitrogens with two attached hydrogens (primary N) is 1. The summed E-state index contributed by atoms with van der Waals surface area (Å²) in [6.07, 6.45) is 2.48. The van der Waals surface area contributed by atoms with Crippen molar-refractivity contribution in [1.29, 1.82) is 0 Å². The van der Waals surface area contributed by atoms with Crippen LogP contribution in [0, 0.1) is 5.82 Å². The summed E-state index contributed by atoms with van der Waals surface area (Å²) in [6, 6.07) is 13.6. The second-order valence-electron chi connectivity index (χ2n) is 5.79. The van der Waals surface area contributed by atoms with E-state index in [4.69, 9.17) is 5.73 Å². The summed E-state index contributed by atoms with van der Waals surface area (Å²) in [5, 5.41) is 0. The number of primary amides is 1. The molecule has 0 atom stereocenters. The fourth-order valence-electron chi connectivity index (χ4n) is 2.54. The maximum Gasteiger partial charge on any atom is 0.250 e. The van der Waals surface area contributed by atoms with Crippen LogP contribution in [0.1, 0.15) is 10.4 Å². The standard InChI is InChI=1S/C19H15FN2O3S/c1-26(24,25)16-8-4-12(5-9-16)17-10-14(19(21)23)11-22-18(17)13-2-6-15(20)7-3-13/h2-11H,1H3,(H2,21,23). The Balaban J connectivity index is 2.18. The summed E-state index contributed by atoms with van der Waals surface area (Å²) in [5.41, 5.74) is 8.00. The lowest BCUT2D eigenvalue weighted by atomic mass is 9.98. The first kappa shape index (κ1) is 17.8. The molecule has 2 aromatic carbocycles. The van der Waals surface area contributed by atoms with Gasteiger partial charge in [0, 0.05) is 23.6 Å². The molecule has 0 unspecified atom stereocenters. The van der Waals surface area contributed by atoms with E-state index in [1.54, 1.807) is 30.3 Å². The third kappa shape index (κ3) is 3.62. The molecule has 132 valence electrons. The van der Waals surface area contributed by atoms with Crippen molar-refractivity contribution in [1.82, 2.24) is 4.98 Å². The Kier molecular flexibility index (Phi) is 4.56. The summed E-state index contributed by atoms with van der Waals surface area (Å²) >= 11 is 0. The van der Waals surface area contributed by atoms with E-state index in [0.29, 0.717) is 22.4 Å². The highest BCUT2D eigenvalue weighted by Crippen LogP contribution is 2.31. The Labute approximate surface area is 150 Å². The molecular formula is C19H15FN2O3S. The Bertz CT molecular complexity index is 1080. The minimum absolute atomic E-state index is 0.184. The van der Waals surface area contributed by atoms with Crippen LogP contribution < -0.4 is 5.73 Å². The topological polar surface area (TPSA) is 90.1 Å². The van der Waals surface area contributed by atoms with Crippen molar-refractivity contribution in [3.63, 3.8) is 0 Å². The van der Waals surface area contributed by atoms with Gasteiger partial charge in [0.2, 0.25) is 5.91 Å². The third-order valence-corrected chi connectivity index (χ3v) is 5.01. The fraction of sp³-hybridized carbons (Fsp3) is 0.0526. The van der Waals surface area contributed by atoms with E-state index in [2.05, 4.69) is 4.98 Å². The smallest absolute Gasteiger partial charge is 0.250 e. The molecule has 0 spiro atoms. The Hall–Kier alpha value is -3.06. The maximum atomic E-state index is 13.2. The average molecular weight is 370 g/mol. The lowest BCUT2D eigenvalue weighted by molar-refractivity contribution is 0.1000. The van der Waals surface area contributed by atoms with E-state index in [9.17, 15) is 17.6 Å². The molecule has 0 aliphatic rings. The van der Waals surface area contributed by atoms with Gasteiger partial charge >= 0.3 is 0 Å². The van der Waals surface area contributed by atoms with Crippen molar-refractivity contribution in [2.75, 3.05) is 6.26 Å². The zero-order chi connectivity index (χ0) is 18.9. The van der Waals surface area contributed by atoms with Crippen molar-refractivity contribution in [2.24, 2.45) is 5.73 Å². The number of aromatic nitrogens is 1. The monoisotopic (exact) mass is 370 g/mol. The van der Waals surface area contributed by atoms with Crippen molar-refractivity contribution >= 4 is 15.7 Å². The van der Waals surface area contributed by atoms with Crippen LogP contribution in [0.5, 0.6) is 0 Å². The van der Waals surface area contributed by atoms with E-state index >= 15 is 0 Å². The largest absolute Gasteiger partial charge is 0.366 e. The number of carbonyl (C=O) groups excluding carboxylic acids is 1. The molecule has 3 aromatic rings. The molecular weight excluding hydrogens is 355 g/mol. The Morgan fingerprint density at radius 2 is 1.58 bits per heavy atom. The molecule has 3 rings (SSSR count). The molecule has 26 heavy (non-hydrogen) atoms. The average Bonchev–Trinajstić information content (AvgIpc) is 2.61. The molecule has 0 saturated carbocycles. The van der Waals surface area contributed by atoms with E-state index in [-0.39, 0.29) is 16.3 Å². The van der Waals surface area contributed by atoms with Crippen molar-refractivity contribution in [3.8, 4) is 22.4 Å². The van der Waals surface area contributed by atoms with Crippen LogP contribution in [0.2, 0.25) is 0 Å². The Morgan fingerprint density at radius 1 is 1.00 bits per heavy atom. The minimum Gasteiger partial charge on any atom is -0.366 e. The summed E-state index contributed by atoms with van der Waals surface area (Å²) < 4.78 is 36.5. The second kappa shape index (κ2) is 6.68. The predicted molar refractivity (Wildman–Crippen MR) is 96.7 cm³/mol. The lowest BCUT2D eigenvalue weighted by Gasteiger charge is -2.11. The summed E-state index contributed by atoms with van der Waals surface area (Å²) in [4.78, 5) is 16.0. The number of pyridine rings is 1. The zero-order valence-corrected chi connectivity index (χ0v) is 14.6. The number of sulfone groups is 1. The highest BCUT2D eigenvalue weighted by atomic mass is 32.2. The first-order valence-corrected chi connectivity index (χ1v) is 9.51. The number of hydrogen-bond donors (Lipinski definition) is 1. The molecule has 5 nitrogen and oxygen atoms in total. The first-order chi connectivity index (χ1) is 12.3. The lowest BCUT2D eigenvalue weighted by Crippen LogP contribution is -2.11. The molecule has 2 N–H and O–H groups in total. The van der Waals surface area contributed by atoms with Gasteiger partial charge in [-0.15, -0.1) is 0 Å². The highest BCUT2D eigenvalue weighted by Gasteiger charge is 2.14. The predicted octanol–water partition coefficient (Wildman–Crippen LogP) is 3.06. The van der Waals surface area contributed by atoms with E-state index in [0.717, 1.165) is 6.26 Å². The van der Waals surface area contributed by atoms with Crippen LogP contribution in [-0.4, -0.2) is 25.6 Å². The number of halogens is 1. The molecule has 0 aliphatic heterocycles. The van der Waals surface area contributed by atoms with E-state index in [1.807, 2.05) is 0 Å². The first-order valence-electron chi connectivity index (χ1n) is 7.62. The van der Waals surface area contributed by atoms with Gasteiger partial charge in [0.05, 0.1) is 16.2 Å². The zero-order valence-electron chi connectivity index (χ0n) is 13.8. The van der Waals surface area contributed by atoms with Crippen LogP contribution in [0.15, 0.2) is 65.7 Å². The molecule has 0 bridgehead atoms. The summed E-state index contributed by atoms with van der Waals surface area (Å²) in [5.74, 6) is -1.00. The van der Waals surface area contributed by atoms with Crippen LogP contribution in [-0.2, 0) is 9.84 Å². The maximum absolute atomic E-state index is 13.2. The van der Waals surface area contributed by atoms with Gasteiger partial charge in [-0.25, -0.2) is 12.8 Å². The second-order valence-corrected chi connectivity index (χ2v) is 7.80. The number of amides is 1. The van der Waals surface area contributed by atoms with E-state index < -0.39 is 15.7 Å². The molecule has 7 heteroatoms. The van der Waals surface area contributed by atoms with Crippen LogP contribution in [0.25, 0.3) is 22.4 Å². The molecule has 0 saturated heterocycles. The van der Waals surface area contributed by atoms with Crippen LogP contribution >= 0.6 is 0 Å². The van der Waals surface area contributed by atoms with E-state index in [1.165, 1.54) is 30.5 Å². The highest BCUT2D eigenvalue weighted by molar-refractivity contribution is 7.90.